The van der Waals surface area contributed by atoms with E-state index in [0.717, 1.165) is 5.56 Å². The summed E-state index contributed by atoms with van der Waals surface area (Å²) in [5.41, 5.74) is 1.15. The van der Waals surface area contributed by atoms with Gasteiger partial charge >= 0.3 is 0 Å². The summed E-state index contributed by atoms with van der Waals surface area (Å²) in [4.78, 5) is 0. The van der Waals surface area contributed by atoms with Crippen LogP contribution in [0.15, 0.2) is 30.3 Å². The Labute approximate surface area is 81.6 Å². The van der Waals surface area contributed by atoms with Gasteiger partial charge in [-0.1, -0.05) is 53.2 Å². The van der Waals surface area contributed by atoms with E-state index in [-0.39, 0.29) is 0 Å². The van der Waals surface area contributed by atoms with E-state index in [1.54, 1.807) is 0 Å². The summed E-state index contributed by atoms with van der Waals surface area (Å²) >= 11 is 3.27. The quantitative estimate of drug-likeness (QED) is 0.790. The third-order valence-electron chi connectivity index (χ3n) is 1.86. The zero-order chi connectivity index (χ0) is 9.03. The van der Waals surface area contributed by atoms with Crippen LogP contribution >= 0.6 is 15.9 Å². The summed E-state index contributed by atoms with van der Waals surface area (Å²) in [7, 11) is 0. The highest BCUT2D eigenvalue weighted by molar-refractivity contribution is 9.10. The van der Waals surface area contributed by atoms with Crippen LogP contribution < -0.4 is 0 Å². The molecule has 2 heteroatoms. The Morgan fingerprint density at radius 2 is 1.92 bits per heavy atom. The number of rotatable bonds is 3. The topological polar surface area (TPSA) is 20.2 Å². The molecule has 0 aromatic heterocycles. The average molecular weight is 229 g/mol. The van der Waals surface area contributed by atoms with Gasteiger partial charge in [0, 0.05) is 6.42 Å². The van der Waals surface area contributed by atoms with Gasteiger partial charge < -0.3 is 5.11 Å². The van der Waals surface area contributed by atoms with Crippen molar-refractivity contribution in [2.24, 2.45) is 0 Å². The van der Waals surface area contributed by atoms with E-state index >= 15 is 0 Å². The van der Waals surface area contributed by atoms with Gasteiger partial charge in [-0.05, 0) is 12.0 Å². The minimum Gasteiger partial charge on any atom is -0.379 e. The van der Waals surface area contributed by atoms with E-state index in [2.05, 4.69) is 15.9 Å². The number of benzene rings is 1. The van der Waals surface area contributed by atoms with Crippen LogP contribution in [-0.2, 0) is 6.42 Å². The highest BCUT2D eigenvalue weighted by Gasteiger charge is 2.19. The monoisotopic (exact) mass is 228 g/mol. The molecule has 1 aromatic carbocycles. The maximum atomic E-state index is 9.69. The van der Waals surface area contributed by atoms with Crippen LogP contribution in [0.25, 0.3) is 0 Å². The molecule has 1 unspecified atom stereocenters. The van der Waals surface area contributed by atoms with Crippen molar-refractivity contribution >= 4 is 15.9 Å². The molecule has 0 fully saturated rings. The van der Waals surface area contributed by atoms with E-state index < -0.39 is 4.51 Å². The number of aliphatic hydroxyl groups is 1. The van der Waals surface area contributed by atoms with Gasteiger partial charge in [0.2, 0.25) is 0 Å². The van der Waals surface area contributed by atoms with Crippen LogP contribution in [0.4, 0.5) is 0 Å². The number of hydrogen-bond donors (Lipinski definition) is 1. The molecule has 1 nitrogen and oxygen atoms in total. The highest BCUT2D eigenvalue weighted by Crippen LogP contribution is 2.23. The van der Waals surface area contributed by atoms with Crippen LogP contribution in [-0.4, -0.2) is 9.62 Å². The van der Waals surface area contributed by atoms with Gasteiger partial charge in [0.1, 0.15) is 4.51 Å². The first-order valence-electron chi connectivity index (χ1n) is 4.09. The zero-order valence-electron chi connectivity index (χ0n) is 7.13. The van der Waals surface area contributed by atoms with Crippen LogP contribution in [0, 0.1) is 0 Å². The van der Waals surface area contributed by atoms with Gasteiger partial charge in [-0.25, -0.2) is 0 Å². The molecule has 0 saturated carbocycles. The van der Waals surface area contributed by atoms with Gasteiger partial charge in [-0.2, -0.15) is 0 Å². The lowest BCUT2D eigenvalue weighted by atomic mass is 10.1. The van der Waals surface area contributed by atoms with Crippen LogP contribution in [0.2, 0.25) is 0 Å². The summed E-state index contributed by atoms with van der Waals surface area (Å²) in [5.74, 6) is 0. The molecule has 0 amide bonds. The smallest absolute Gasteiger partial charge is 0.123 e. The predicted octanol–water partition coefficient (Wildman–Crippen LogP) is 2.72. The fourth-order valence-corrected chi connectivity index (χ4v) is 1.36. The lowest BCUT2D eigenvalue weighted by Crippen LogP contribution is -2.21. The molecule has 0 radical (unpaired) electrons. The Morgan fingerprint density at radius 3 is 2.42 bits per heavy atom. The first-order chi connectivity index (χ1) is 5.64. The fraction of sp³-hybridized carbons (Fsp3) is 0.400. The molecule has 1 rings (SSSR count). The summed E-state index contributed by atoms with van der Waals surface area (Å²) in [6, 6.07) is 9.97. The molecular formula is C10H13BrO. The highest BCUT2D eigenvalue weighted by atomic mass is 79.9. The van der Waals surface area contributed by atoms with Gasteiger partial charge in [0.05, 0.1) is 0 Å². The van der Waals surface area contributed by atoms with E-state index in [9.17, 15) is 5.11 Å². The molecule has 0 saturated heterocycles. The van der Waals surface area contributed by atoms with Crippen molar-refractivity contribution in [2.75, 3.05) is 0 Å². The standard InChI is InChI=1S/C10H13BrO/c1-2-10(11,12)8-9-6-4-3-5-7-9/h3-7,12H,2,8H2,1H3. The maximum Gasteiger partial charge on any atom is 0.123 e. The van der Waals surface area contributed by atoms with Crippen LogP contribution in [0.1, 0.15) is 18.9 Å². The zero-order valence-corrected chi connectivity index (χ0v) is 8.71. The molecule has 1 N–H and O–H groups in total. The second-order valence-corrected chi connectivity index (χ2v) is 4.41. The molecule has 0 bridgehead atoms. The van der Waals surface area contributed by atoms with Gasteiger partial charge in [0.15, 0.2) is 0 Å². The van der Waals surface area contributed by atoms with Crippen molar-refractivity contribution < 1.29 is 5.11 Å². The van der Waals surface area contributed by atoms with E-state index in [1.165, 1.54) is 0 Å². The summed E-state index contributed by atoms with van der Waals surface area (Å²) in [6.45, 7) is 1.96. The van der Waals surface area contributed by atoms with Crippen molar-refractivity contribution in [3.8, 4) is 0 Å². The van der Waals surface area contributed by atoms with Crippen molar-refractivity contribution in [1.29, 1.82) is 0 Å². The number of hydrogen-bond acceptors (Lipinski definition) is 1. The molecule has 66 valence electrons. The normalized spacial score (nSPS) is 15.6. The van der Waals surface area contributed by atoms with Crippen LogP contribution in [0.3, 0.4) is 0 Å². The summed E-state index contributed by atoms with van der Waals surface area (Å²) < 4.78 is -0.742. The van der Waals surface area contributed by atoms with Gasteiger partial charge in [-0.15, -0.1) is 0 Å². The van der Waals surface area contributed by atoms with Crippen molar-refractivity contribution in [1.82, 2.24) is 0 Å². The molecule has 1 aromatic rings. The second kappa shape index (κ2) is 4.06. The lowest BCUT2D eigenvalue weighted by Gasteiger charge is -2.18. The molecular weight excluding hydrogens is 216 g/mol. The average Bonchev–Trinajstić information content (AvgIpc) is 2.06. The molecule has 1 atom stereocenters. The Bertz CT molecular complexity index is 231. The van der Waals surface area contributed by atoms with Crippen molar-refractivity contribution in [3.63, 3.8) is 0 Å². The maximum absolute atomic E-state index is 9.69. The Morgan fingerprint density at radius 1 is 1.33 bits per heavy atom. The van der Waals surface area contributed by atoms with E-state index in [1.807, 2.05) is 37.3 Å². The predicted molar refractivity (Wildman–Crippen MR) is 54.3 cm³/mol. The van der Waals surface area contributed by atoms with Crippen molar-refractivity contribution in [3.05, 3.63) is 35.9 Å². The van der Waals surface area contributed by atoms with Gasteiger partial charge in [0.25, 0.3) is 0 Å². The SMILES string of the molecule is CCC(O)(Br)Cc1ccccc1. The van der Waals surface area contributed by atoms with Crippen molar-refractivity contribution in [2.45, 2.75) is 24.3 Å². The van der Waals surface area contributed by atoms with E-state index in [4.69, 9.17) is 0 Å². The molecule has 12 heavy (non-hydrogen) atoms. The summed E-state index contributed by atoms with van der Waals surface area (Å²) in [6.07, 6.45) is 1.37. The minimum absolute atomic E-state index is 0.657. The Balaban J connectivity index is 2.64. The largest absolute Gasteiger partial charge is 0.379 e. The Kier molecular flexibility index (Phi) is 3.29. The first kappa shape index (κ1) is 9.75. The minimum atomic E-state index is -0.742. The molecule has 0 aliphatic carbocycles. The summed E-state index contributed by atoms with van der Waals surface area (Å²) in [5, 5.41) is 9.69. The number of alkyl halides is 1. The molecule has 0 heterocycles. The number of halogens is 1. The first-order valence-corrected chi connectivity index (χ1v) is 4.88. The second-order valence-electron chi connectivity index (χ2n) is 2.93. The molecule has 0 aliphatic rings. The molecule has 0 spiro atoms. The van der Waals surface area contributed by atoms with E-state index in [0.29, 0.717) is 12.8 Å². The molecule has 0 aliphatic heterocycles. The fourth-order valence-electron chi connectivity index (χ4n) is 1.03. The lowest BCUT2D eigenvalue weighted by molar-refractivity contribution is 0.141. The Hall–Kier alpha value is -0.340. The third-order valence-corrected chi connectivity index (χ3v) is 2.70. The van der Waals surface area contributed by atoms with Crippen LogP contribution in [0.5, 0.6) is 0 Å². The van der Waals surface area contributed by atoms with Gasteiger partial charge in [-0.3, -0.25) is 0 Å². The third kappa shape index (κ3) is 2.95.